The van der Waals surface area contributed by atoms with Crippen LogP contribution in [-0.2, 0) is 15.0 Å². The van der Waals surface area contributed by atoms with Crippen molar-refractivity contribution in [1.82, 2.24) is 9.99 Å². The molecule has 10 heteroatoms. The molecule has 2 aliphatic heterocycles. The van der Waals surface area contributed by atoms with E-state index >= 15 is 0 Å². The van der Waals surface area contributed by atoms with Gasteiger partial charge in [0.15, 0.2) is 11.5 Å². The van der Waals surface area contributed by atoms with Gasteiger partial charge in [-0.05, 0) is 54.4 Å². The molecule has 8 nitrogen and oxygen atoms in total. The number of imide groups is 1. The number of aromatic amines is 1. The predicted octanol–water partition coefficient (Wildman–Crippen LogP) is 3.50. The van der Waals surface area contributed by atoms with E-state index in [9.17, 15) is 14.4 Å². The molecule has 1 saturated heterocycles. The second kappa shape index (κ2) is 7.96. The zero-order valence-corrected chi connectivity index (χ0v) is 21.6. The van der Waals surface area contributed by atoms with Crippen LogP contribution in [0, 0.1) is 29.6 Å². The molecular weight excluding hydrogens is 486 g/mol. The molecule has 6 rings (SSSR count). The van der Waals surface area contributed by atoms with Crippen molar-refractivity contribution in [2.75, 3.05) is 14.2 Å². The molecule has 1 N–H and O–H groups in total. The largest absolute Gasteiger partial charge is 0.493 e. The van der Waals surface area contributed by atoms with Gasteiger partial charge in [-0.15, -0.1) is 11.8 Å². The number of nitrogens with zero attached hydrogens (tertiary/aromatic N) is 2. The smallest absolute Gasteiger partial charge is 0.305 e. The monoisotopic (exact) mass is 513 g/mol. The number of fused-ring (bicyclic) bond motifs is 9. The summed E-state index contributed by atoms with van der Waals surface area (Å²) in [5.74, 6) is 0.570. The molecule has 2 bridgehead atoms. The van der Waals surface area contributed by atoms with Crippen molar-refractivity contribution in [1.29, 1.82) is 0 Å². The molecule has 3 fully saturated rings. The first-order valence-electron chi connectivity index (χ1n) is 11.9. The fourth-order valence-corrected chi connectivity index (χ4v) is 10.2. The van der Waals surface area contributed by atoms with Gasteiger partial charge in [-0.1, -0.05) is 25.2 Å². The molecule has 0 spiro atoms. The number of hydrazone groups is 1. The lowest BCUT2D eigenvalue weighted by Gasteiger charge is -2.48. The Kier molecular flexibility index (Phi) is 5.20. The number of nitrogens with one attached hydrogen (secondary N) is 1. The molecule has 4 aliphatic rings. The molecule has 0 radical (unpaired) electrons. The number of methoxy groups -OCH3 is 2. The summed E-state index contributed by atoms with van der Waals surface area (Å²) < 4.78 is 10.6. The fraction of sp³-hybridized carbons (Fsp3) is 0.520. The maximum Gasteiger partial charge on any atom is 0.305 e. The van der Waals surface area contributed by atoms with E-state index in [0.29, 0.717) is 17.1 Å². The molecule has 2 saturated carbocycles. The van der Waals surface area contributed by atoms with Crippen LogP contribution in [0.15, 0.2) is 33.1 Å². The predicted molar refractivity (Wildman–Crippen MR) is 133 cm³/mol. The number of amides is 2. The second-order valence-corrected chi connectivity index (χ2v) is 12.2. The van der Waals surface area contributed by atoms with Crippen LogP contribution in [0.25, 0.3) is 0 Å². The standard InChI is InChI=1S/C25H27N3O5S2/c1-5-25(2)18-12-9-13(19(18)34-21-20(25)35-24(31)27-21)17-16(12)22(29)28(23(17)30)26-10-11-6-7-14(32-3)15(8-11)33-4/h6-8,10,12-13,16-19H,5,9H2,1-4H3,(H,27,31)/b26-10+/t12?,13?,16?,17?,18?,19-,25-/m1/s1. The molecule has 1 aromatic carbocycles. The minimum atomic E-state index is -0.336. The second-order valence-electron chi connectivity index (χ2n) is 10.0. The van der Waals surface area contributed by atoms with Crippen molar-refractivity contribution in [2.24, 2.45) is 34.7 Å². The number of carbonyl (C=O) groups is 2. The van der Waals surface area contributed by atoms with Crippen molar-refractivity contribution >= 4 is 41.1 Å². The van der Waals surface area contributed by atoms with Gasteiger partial charge in [-0.25, -0.2) is 0 Å². The average Bonchev–Trinajstić information content (AvgIpc) is 3.59. The van der Waals surface area contributed by atoms with E-state index in [2.05, 4.69) is 23.9 Å². The van der Waals surface area contributed by atoms with Gasteiger partial charge in [0, 0.05) is 15.5 Å². The molecule has 184 valence electrons. The van der Waals surface area contributed by atoms with Gasteiger partial charge in [0.25, 0.3) is 11.8 Å². The Bertz CT molecular complexity index is 1320. The van der Waals surface area contributed by atoms with Crippen LogP contribution >= 0.6 is 23.1 Å². The summed E-state index contributed by atoms with van der Waals surface area (Å²) in [5, 5.41) is 6.60. The number of aromatic nitrogens is 1. The van der Waals surface area contributed by atoms with E-state index in [1.54, 1.807) is 44.2 Å². The third kappa shape index (κ3) is 3.05. The SMILES string of the molecule is CC[C@@]1(C)c2sc(=O)[nH]c2S[C@@H]2C3CC(C4C(=O)N(/N=C/c5ccc(OC)c(OC)c5)C(=O)C43)C21. The van der Waals surface area contributed by atoms with Gasteiger partial charge >= 0.3 is 4.87 Å². The Balaban J connectivity index is 1.31. The van der Waals surface area contributed by atoms with Crippen LogP contribution in [0.1, 0.15) is 37.1 Å². The third-order valence-corrected chi connectivity index (χ3v) is 11.4. The van der Waals surface area contributed by atoms with Gasteiger partial charge in [-0.2, -0.15) is 10.1 Å². The molecular formula is C25H27N3O5S2. The first kappa shape index (κ1) is 22.8. The lowest BCUT2D eigenvalue weighted by atomic mass is 9.62. The van der Waals surface area contributed by atoms with Crippen molar-refractivity contribution < 1.29 is 19.1 Å². The number of thiazole rings is 1. The summed E-state index contributed by atoms with van der Waals surface area (Å²) in [7, 11) is 3.12. The molecule has 2 aliphatic carbocycles. The van der Waals surface area contributed by atoms with Gasteiger partial charge in [-0.3, -0.25) is 14.4 Å². The summed E-state index contributed by atoms with van der Waals surface area (Å²) in [5.41, 5.74) is 0.526. The maximum absolute atomic E-state index is 13.5. The van der Waals surface area contributed by atoms with E-state index in [1.807, 2.05) is 0 Å². The first-order chi connectivity index (χ1) is 16.8. The first-order valence-corrected chi connectivity index (χ1v) is 13.6. The Hall–Kier alpha value is -2.59. The van der Waals surface area contributed by atoms with E-state index < -0.39 is 0 Å². The zero-order chi connectivity index (χ0) is 24.6. The number of benzene rings is 1. The van der Waals surface area contributed by atoms with Crippen molar-refractivity contribution in [3.05, 3.63) is 38.3 Å². The van der Waals surface area contributed by atoms with Gasteiger partial charge < -0.3 is 14.5 Å². The minimum Gasteiger partial charge on any atom is -0.493 e. The van der Waals surface area contributed by atoms with E-state index in [1.165, 1.54) is 17.6 Å². The fourth-order valence-electron chi connectivity index (χ4n) is 7.05. The third-order valence-electron chi connectivity index (χ3n) is 8.67. The van der Waals surface area contributed by atoms with Gasteiger partial charge in [0.1, 0.15) is 0 Å². The summed E-state index contributed by atoms with van der Waals surface area (Å²) in [6, 6.07) is 5.33. The quantitative estimate of drug-likeness (QED) is 0.485. The molecule has 3 heterocycles. The van der Waals surface area contributed by atoms with Crippen LogP contribution in [-0.4, -0.2) is 47.5 Å². The number of carbonyl (C=O) groups excluding carboxylic acids is 2. The Morgan fingerprint density at radius 1 is 1.14 bits per heavy atom. The number of ether oxygens (including phenoxy) is 2. The average molecular weight is 514 g/mol. The summed E-state index contributed by atoms with van der Waals surface area (Å²) in [6.07, 6.45) is 3.30. The maximum atomic E-state index is 13.5. The van der Waals surface area contributed by atoms with Crippen LogP contribution in [0.5, 0.6) is 11.5 Å². The Labute approximate surface area is 211 Å². The van der Waals surface area contributed by atoms with E-state index in [4.69, 9.17) is 9.47 Å². The topological polar surface area (TPSA) is 101 Å². The zero-order valence-electron chi connectivity index (χ0n) is 19.9. The molecule has 7 atom stereocenters. The number of thioether (sulfide) groups is 1. The Morgan fingerprint density at radius 2 is 1.86 bits per heavy atom. The van der Waals surface area contributed by atoms with Crippen LogP contribution in [0.3, 0.4) is 0 Å². The molecule has 35 heavy (non-hydrogen) atoms. The van der Waals surface area contributed by atoms with Gasteiger partial charge in [0.05, 0.1) is 37.3 Å². The van der Waals surface area contributed by atoms with Crippen molar-refractivity contribution in [2.45, 2.75) is 42.4 Å². The number of rotatable bonds is 5. The van der Waals surface area contributed by atoms with Gasteiger partial charge in [0.2, 0.25) is 0 Å². The lowest BCUT2D eigenvalue weighted by molar-refractivity contribution is -0.140. The Morgan fingerprint density at radius 3 is 2.54 bits per heavy atom. The number of H-pyrrole nitrogens is 1. The minimum absolute atomic E-state index is 0.0301. The van der Waals surface area contributed by atoms with Crippen molar-refractivity contribution in [3.8, 4) is 11.5 Å². The lowest BCUT2D eigenvalue weighted by Crippen LogP contribution is -2.49. The summed E-state index contributed by atoms with van der Waals surface area (Å²) in [6.45, 7) is 4.39. The van der Waals surface area contributed by atoms with Crippen molar-refractivity contribution in [3.63, 3.8) is 0 Å². The molecule has 2 amide bonds. The summed E-state index contributed by atoms with van der Waals surface area (Å²) >= 11 is 3.01. The molecule has 2 aromatic rings. The number of hydrogen-bond donors (Lipinski definition) is 1. The normalized spacial score (nSPS) is 34.9. The number of hydrogen-bond acceptors (Lipinski definition) is 8. The molecule has 5 unspecified atom stereocenters. The highest BCUT2D eigenvalue weighted by atomic mass is 32.2. The summed E-state index contributed by atoms with van der Waals surface area (Å²) in [4.78, 5) is 43.3. The van der Waals surface area contributed by atoms with E-state index in [0.717, 1.165) is 27.8 Å². The highest BCUT2D eigenvalue weighted by molar-refractivity contribution is 8.00. The highest BCUT2D eigenvalue weighted by Gasteiger charge is 2.71. The van der Waals surface area contributed by atoms with Crippen LogP contribution < -0.4 is 14.3 Å². The molecule has 1 aromatic heterocycles. The van der Waals surface area contributed by atoms with Crippen LogP contribution in [0.4, 0.5) is 0 Å². The van der Waals surface area contributed by atoms with Crippen LogP contribution in [0.2, 0.25) is 0 Å². The van der Waals surface area contributed by atoms with E-state index in [-0.39, 0.29) is 56.9 Å². The highest BCUT2D eigenvalue weighted by Crippen LogP contribution is 2.69.